The molecule has 0 unspecified atom stereocenters. The molecule has 1 aromatic carbocycles. The summed E-state index contributed by atoms with van der Waals surface area (Å²) in [6, 6.07) is 7.97. The van der Waals surface area contributed by atoms with Crippen LogP contribution in [-0.2, 0) is 6.54 Å². The summed E-state index contributed by atoms with van der Waals surface area (Å²) in [4.78, 5) is 16.9. The maximum absolute atomic E-state index is 12.4. The first-order valence-electron chi connectivity index (χ1n) is 11.7. The molecule has 0 N–H and O–H groups in total. The van der Waals surface area contributed by atoms with Gasteiger partial charge in [0.25, 0.3) is 5.56 Å². The van der Waals surface area contributed by atoms with Gasteiger partial charge >= 0.3 is 0 Å². The molecule has 3 heteroatoms. The molecule has 0 atom stereocenters. The summed E-state index contributed by atoms with van der Waals surface area (Å²) in [5.41, 5.74) is 2.55. The Hall–Kier alpha value is -1.64. The molecule has 2 rings (SSSR count). The molecule has 0 bridgehead atoms. The van der Waals surface area contributed by atoms with E-state index in [4.69, 9.17) is 0 Å². The van der Waals surface area contributed by atoms with Crippen molar-refractivity contribution in [3.63, 3.8) is 0 Å². The van der Waals surface area contributed by atoms with Crippen molar-refractivity contribution < 1.29 is 0 Å². The predicted molar refractivity (Wildman–Crippen MR) is 121 cm³/mol. The van der Waals surface area contributed by atoms with E-state index >= 15 is 0 Å². The Bertz CT molecular complexity index is 735. The zero-order valence-corrected chi connectivity index (χ0v) is 18.2. The third-order valence-corrected chi connectivity index (χ3v) is 5.75. The van der Waals surface area contributed by atoms with E-state index in [9.17, 15) is 4.79 Å². The Morgan fingerprint density at radius 1 is 0.750 bits per heavy atom. The van der Waals surface area contributed by atoms with Crippen molar-refractivity contribution in [3.05, 3.63) is 40.3 Å². The molecule has 0 saturated heterocycles. The second-order valence-electron chi connectivity index (χ2n) is 8.24. The average molecular weight is 385 g/mol. The van der Waals surface area contributed by atoms with Gasteiger partial charge in [-0.3, -0.25) is 4.79 Å². The molecule has 1 aromatic heterocycles. The molecular formula is C25H40N2O. The van der Waals surface area contributed by atoms with E-state index in [-0.39, 0.29) is 5.56 Å². The van der Waals surface area contributed by atoms with Crippen molar-refractivity contribution >= 4 is 11.0 Å². The molecule has 2 aromatic rings. The molecule has 0 saturated carbocycles. The lowest BCUT2D eigenvalue weighted by atomic mass is 10.0. The number of unbranched alkanes of at least 4 members (excludes halogenated alkanes) is 13. The summed E-state index contributed by atoms with van der Waals surface area (Å²) in [6.07, 6.45) is 19.0. The van der Waals surface area contributed by atoms with Gasteiger partial charge < -0.3 is 4.57 Å². The topological polar surface area (TPSA) is 34.9 Å². The molecule has 0 aliphatic rings. The maximum atomic E-state index is 12.4. The Kier molecular flexibility index (Phi) is 10.9. The van der Waals surface area contributed by atoms with Gasteiger partial charge in [-0.25, -0.2) is 4.98 Å². The summed E-state index contributed by atoms with van der Waals surface area (Å²) >= 11 is 0. The van der Waals surface area contributed by atoms with Crippen LogP contribution in [0.5, 0.6) is 0 Å². The highest BCUT2D eigenvalue weighted by atomic mass is 16.1. The fourth-order valence-corrected chi connectivity index (χ4v) is 4.01. The number of benzene rings is 1. The molecule has 0 amide bonds. The van der Waals surface area contributed by atoms with Gasteiger partial charge in [0.2, 0.25) is 0 Å². The molecule has 0 fully saturated rings. The Morgan fingerprint density at radius 2 is 1.25 bits per heavy atom. The van der Waals surface area contributed by atoms with Crippen LogP contribution in [0.3, 0.4) is 0 Å². The van der Waals surface area contributed by atoms with Crippen LogP contribution in [0.15, 0.2) is 29.1 Å². The highest BCUT2D eigenvalue weighted by Crippen LogP contribution is 2.14. The van der Waals surface area contributed by atoms with E-state index in [1.807, 2.05) is 35.8 Å². The smallest absolute Gasteiger partial charge is 0.272 e. The normalized spacial score (nSPS) is 11.4. The highest BCUT2D eigenvalue weighted by Gasteiger charge is 2.07. The fraction of sp³-hybridized carbons (Fsp3) is 0.680. The van der Waals surface area contributed by atoms with E-state index in [2.05, 4.69) is 11.9 Å². The Labute approximate surface area is 171 Å². The van der Waals surface area contributed by atoms with Crippen molar-refractivity contribution in [2.45, 2.75) is 110 Å². The van der Waals surface area contributed by atoms with Crippen molar-refractivity contribution in [3.8, 4) is 0 Å². The van der Waals surface area contributed by atoms with E-state index in [1.165, 1.54) is 83.5 Å². The van der Waals surface area contributed by atoms with Gasteiger partial charge in [-0.2, -0.15) is 0 Å². The van der Waals surface area contributed by atoms with Crippen molar-refractivity contribution in [1.29, 1.82) is 0 Å². The maximum Gasteiger partial charge on any atom is 0.272 e. The summed E-state index contributed by atoms with van der Waals surface area (Å²) < 4.78 is 1.91. The number of hydrogen-bond acceptors (Lipinski definition) is 2. The van der Waals surface area contributed by atoms with E-state index in [1.54, 1.807) is 0 Å². The quantitative estimate of drug-likeness (QED) is 0.305. The van der Waals surface area contributed by atoms with E-state index in [0.29, 0.717) is 5.69 Å². The van der Waals surface area contributed by atoms with Crippen LogP contribution < -0.4 is 5.56 Å². The average Bonchev–Trinajstić information content (AvgIpc) is 2.70. The summed E-state index contributed by atoms with van der Waals surface area (Å²) in [5, 5.41) is 0. The number of nitrogens with zero attached hydrogens (tertiary/aromatic N) is 2. The lowest BCUT2D eigenvalue weighted by molar-refractivity contribution is 0.523. The molecule has 0 aliphatic carbocycles. The van der Waals surface area contributed by atoms with Crippen molar-refractivity contribution in [2.24, 2.45) is 0 Å². The summed E-state index contributed by atoms with van der Waals surface area (Å²) in [7, 11) is 0. The molecule has 0 spiro atoms. The van der Waals surface area contributed by atoms with Crippen LogP contribution in [0.4, 0.5) is 0 Å². The highest BCUT2D eigenvalue weighted by molar-refractivity contribution is 5.74. The minimum Gasteiger partial charge on any atom is -0.305 e. The zero-order chi connectivity index (χ0) is 20.0. The number of para-hydroxylation sites is 2. The van der Waals surface area contributed by atoms with Crippen molar-refractivity contribution in [2.75, 3.05) is 0 Å². The van der Waals surface area contributed by atoms with E-state index in [0.717, 1.165) is 24.0 Å². The molecule has 0 aliphatic heterocycles. The summed E-state index contributed by atoms with van der Waals surface area (Å²) in [5.74, 6) is 0. The molecular weight excluding hydrogens is 344 g/mol. The second kappa shape index (κ2) is 13.5. The second-order valence-corrected chi connectivity index (χ2v) is 8.24. The number of aryl methyl sites for hydroxylation is 2. The lowest BCUT2D eigenvalue weighted by Crippen LogP contribution is -2.24. The molecule has 28 heavy (non-hydrogen) atoms. The SMILES string of the molecule is CCCCCCCCCCCCCCCCn1c(=O)c(C)nc2ccccc21. The monoisotopic (exact) mass is 384 g/mol. The van der Waals surface area contributed by atoms with Gasteiger partial charge in [0.1, 0.15) is 5.69 Å². The van der Waals surface area contributed by atoms with Crippen LogP contribution in [-0.4, -0.2) is 9.55 Å². The first-order chi connectivity index (χ1) is 13.7. The number of aromatic nitrogens is 2. The number of hydrogen-bond donors (Lipinski definition) is 0. The van der Waals surface area contributed by atoms with Crippen LogP contribution in [0, 0.1) is 6.92 Å². The Balaban J connectivity index is 1.54. The minimum atomic E-state index is 0.0633. The van der Waals surface area contributed by atoms with Gasteiger partial charge in [0.15, 0.2) is 0 Å². The minimum absolute atomic E-state index is 0.0633. The van der Waals surface area contributed by atoms with Crippen LogP contribution >= 0.6 is 0 Å². The van der Waals surface area contributed by atoms with Gasteiger partial charge in [-0.1, -0.05) is 103 Å². The van der Waals surface area contributed by atoms with Crippen LogP contribution in [0.1, 0.15) is 103 Å². The third-order valence-electron chi connectivity index (χ3n) is 5.75. The van der Waals surface area contributed by atoms with Gasteiger partial charge in [-0.15, -0.1) is 0 Å². The fourth-order valence-electron chi connectivity index (χ4n) is 4.01. The molecule has 3 nitrogen and oxygen atoms in total. The first kappa shape index (κ1) is 22.6. The zero-order valence-electron chi connectivity index (χ0n) is 18.2. The first-order valence-corrected chi connectivity index (χ1v) is 11.7. The molecule has 156 valence electrons. The molecule has 0 radical (unpaired) electrons. The van der Waals surface area contributed by atoms with E-state index < -0.39 is 0 Å². The van der Waals surface area contributed by atoms with Crippen molar-refractivity contribution in [1.82, 2.24) is 9.55 Å². The lowest BCUT2D eigenvalue weighted by Gasteiger charge is -2.11. The van der Waals surface area contributed by atoms with Crippen LogP contribution in [0.25, 0.3) is 11.0 Å². The van der Waals surface area contributed by atoms with Crippen LogP contribution in [0.2, 0.25) is 0 Å². The van der Waals surface area contributed by atoms with Gasteiger partial charge in [0.05, 0.1) is 11.0 Å². The van der Waals surface area contributed by atoms with Gasteiger partial charge in [0, 0.05) is 6.54 Å². The molecule has 1 heterocycles. The predicted octanol–water partition coefficient (Wildman–Crippen LogP) is 7.19. The summed E-state index contributed by atoms with van der Waals surface area (Å²) in [6.45, 7) is 4.90. The largest absolute Gasteiger partial charge is 0.305 e. The third kappa shape index (κ3) is 7.77. The Morgan fingerprint density at radius 3 is 1.82 bits per heavy atom. The number of fused-ring (bicyclic) bond motifs is 1. The standard InChI is InChI=1S/C25H40N2O/c1-3-4-5-6-7-8-9-10-11-12-13-14-15-18-21-27-24-20-17-16-19-23(24)26-22(2)25(27)28/h16-17,19-20H,3-15,18,21H2,1-2H3. The van der Waals surface area contributed by atoms with Gasteiger partial charge in [-0.05, 0) is 25.5 Å². The number of rotatable bonds is 15.